The van der Waals surface area contributed by atoms with Gasteiger partial charge in [0.15, 0.2) is 0 Å². The maximum atomic E-state index is 12.8. The summed E-state index contributed by atoms with van der Waals surface area (Å²) in [5.74, 6) is 0. The molecule has 4 aromatic rings. The van der Waals surface area contributed by atoms with Gasteiger partial charge in [-0.3, -0.25) is 9.97 Å². The van der Waals surface area contributed by atoms with Crippen LogP contribution >= 0.6 is 0 Å². The third kappa shape index (κ3) is 4.19. The first-order valence-corrected chi connectivity index (χ1v) is 9.08. The molecule has 144 valence electrons. The number of alkyl halides is 3. The van der Waals surface area contributed by atoms with Crippen molar-refractivity contribution in [2.45, 2.75) is 13.1 Å². The van der Waals surface area contributed by atoms with Gasteiger partial charge in [0.05, 0.1) is 17.0 Å². The van der Waals surface area contributed by atoms with Crippen molar-refractivity contribution in [3.63, 3.8) is 0 Å². The highest BCUT2D eigenvalue weighted by atomic mass is 19.4. The molecule has 0 aliphatic carbocycles. The highest BCUT2D eigenvalue weighted by Crippen LogP contribution is 2.32. The van der Waals surface area contributed by atoms with Crippen LogP contribution in [0.25, 0.3) is 33.6 Å². The largest absolute Gasteiger partial charge is 0.416 e. The molecule has 0 unspecified atom stereocenters. The van der Waals surface area contributed by atoms with Gasteiger partial charge in [0.25, 0.3) is 0 Å². The van der Waals surface area contributed by atoms with Gasteiger partial charge < -0.3 is 0 Å². The SMILES string of the molecule is Cc1cc(-c2ccc(C(F)(F)F)cc2)cc(-c2ccnc(-c3ccccc3)c2)n1. The Kier molecular flexibility index (Phi) is 4.89. The van der Waals surface area contributed by atoms with Crippen LogP contribution in [0.1, 0.15) is 11.3 Å². The molecule has 4 rings (SSSR count). The fraction of sp³-hybridized carbons (Fsp3) is 0.0833. The van der Waals surface area contributed by atoms with Gasteiger partial charge in [0.1, 0.15) is 0 Å². The van der Waals surface area contributed by atoms with E-state index in [0.717, 1.165) is 45.9 Å². The molecule has 0 bridgehead atoms. The van der Waals surface area contributed by atoms with Gasteiger partial charge in [-0.15, -0.1) is 0 Å². The number of rotatable bonds is 3. The van der Waals surface area contributed by atoms with Crippen LogP contribution in [0.3, 0.4) is 0 Å². The molecule has 5 heteroatoms. The van der Waals surface area contributed by atoms with Crippen LogP contribution in [0.4, 0.5) is 13.2 Å². The standard InChI is InChI=1S/C24H17F3N2/c1-16-13-20(17-7-9-21(10-8-17)24(25,26)27)15-23(29-16)19-11-12-28-22(14-19)18-5-3-2-4-6-18/h2-15H,1H3. The molecule has 2 heterocycles. The van der Waals surface area contributed by atoms with Crippen molar-refractivity contribution in [2.75, 3.05) is 0 Å². The third-order valence-electron chi connectivity index (χ3n) is 4.62. The normalized spacial score (nSPS) is 11.4. The third-order valence-corrected chi connectivity index (χ3v) is 4.62. The molecule has 2 aromatic heterocycles. The summed E-state index contributed by atoms with van der Waals surface area (Å²) in [6.07, 6.45) is -2.61. The van der Waals surface area contributed by atoms with Crippen molar-refractivity contribution in [1.82, 2.24) is 9.97 Å². The van der Waals surface area contributed by atoms with E-state index in [1.807, 2.05) is 61.5 Å². The highest BCUT2D eigenvalue weighted by Gasteiger charge is 2.30. The van der Waals surface area contributed by atoms with E-state index in [9.17, 15) is 13.2 Å². The molecule has 2 aromatic carbocycles. The monoisotopic (exact) mass is 390 g/mol. The molecule has 0 fully saturated rings. The number of nitrogens with zero attached hydrogens (tertiary/aromatic N) is 2. The van der Waals surface area contributed by atoms with Gasteiger partial charge in [0.2, 0.25) is 0 Å². The lowest BCUT2D eigenvalue weighted by molar-refractivity contribution is -0.137. The van der Waals surface area contributed by atoms with Crippen molar-refractivity contribution in [2.24, 2.45) is 0 Å². The van der Waals surface area contributed by atoms with Crippen LogP contribution < -0.4 is 0 Å². The van der Waals surface area contributed by atoms with Gasteiger partial charge in [-0.1, -0.05) is 42.5 Å². The molecule has 0 amide bonds. The van der Waals surface area contributed by atoms with Crippen LogP contribution in [-0.4, -0.2) is 9.97 Å². The van der Waals surface area contributed by atoms with E-state index in [2.05, 4.69) is 9.97 Å². The second-order valence-electron chi connectivity index (χ2n) is 6.75. The number of aromatic nitrogens is 2. The Balaban J connectivity index is 1.73. The Bertz CT molecular complexity index is 1130. The summed E-state index contributed by atoms with van der Waals surface area (Å²) in [5, 5.41) is 0. The minimum Gasteiger partial charge on any atom is -0.256 e. The number of hydrogen-bond donors (Lipinski definition) is 0. The Morgan fingerprint density at radius 2 is 1.34 bits per heavy atom. The zero-order chi connectivity index (χ0) is 20.4. The lowest BCUT2D eigenvalue weighted by atomic mass is 10.0. The fourth-order valence-corrected chi connectivity index (χ4v) is 3.19. The molecule has 0 saturated carbocycles. The van der Waals surface area contributed by atoms with E-state index < -0.39 is 11.7 Å². The Morgan fingerprint density at radius 1 is 0.655 bits per heavy atom. The number of hydrogen-bond acceptors (Lipinski definition) is 2. The van der Waals surface area contributed by atoms with Gasteiger partial charge in [0, 0.05) is 23.0 Å². The average molecular weight is 390 g/mol. The summed E-state index contributed by atoms with van der Waals surface area (Å²) < 4.78 is 38.5. The van der Waals surface area contributed by atoms with E-state index in [1.54, 1.807) is 6.20 Å². The molecule has 0 saturated heterocycles. The predicted molar refractivity (Wildman–Crippen MR) is 108 cm³/mol. The topological polar surface area (TPSA) is 25.8 Å². The summed E-state index contributed by atoms with van der Waals surface area (Å²) in [6, 6.07) is 22.6. The van der Waals surface area contributed by atoms with Gasteiger partial charge in [-0.2, -0.15) is 13.2 Å². The number of pyridine rings is 2. The maximum absolute atomic E-state index is 12.8. The first kappa shape index (κ1) is 18.9. The molecule has 2 nitrogen and oxygen atoms in total. The molecule has 0 atom stereocenters. The van der Waals surface area contributed by atoms with Crippen LogP contribution in [0.2, 0.25) is 0 Å². The van der Waals surface area contributed by atoms with Gasteiger partial charge >= 0.3 is 6.18 Å². The molecule has 29 heavy (non-hydrogen) atoms. The zero-order valence-electron chi connectivity index (χ0n) is 15.6. The molecular formula is C24H17F3N2. The molecule has 0 spiro atoms. The Morgan fingerprint density at radius 3 is 2.03 bits per heavy atom. The van der Waals surface area contributed by atoms with E-state index >= 15 is 0 Å². The quantitative estimate of drug-likeness (QED) is 0.384. The van der Waals surface area contributed by atoms with Crippen molar-refractivity contribution in [3.8, 4) is 33.6 Å². The summed E-state index contributed by atoms with van der Waals surface area (Å²) in [7, 11) is 0. The maximum Gasteiger partial charge on any atom is 0.416 e. The smallest absolute Gasteiger partial charge is 0.256 e. The van der Waals surface area contributed by atoms with Gasteiger partial charge in [-0.25, -0.2) is 0 Å². The number of halogens is 3. The molecule has 0 aliphatic heterocycles. The van der Waals surface area contributed by atoms with Crippen molar-refractivity contribution < 1.29 is 13.2 Å². The zero-order valence-corrected chi connectivity index (χ0v) is 15.6. The van der Waals surface area contributed by atoms with E-state index in [4.69, 9.17) is 0 Å². The minimum absolute atomic E-state index is 0.658. The van der Waals surface area contributed by atoms with Gasteiger partial charge in [-0.05, 0) is 54.4 Å². The second-order valence-corrected chi connectivity index (χ2v) is 6.75. The number of aryl methyl sites for hydroxylation is 1. The van der Waals surface area contributed by atoms with Crippen LogP contribution in [0.5, 0.6) is 0 Å². The van der Waals surface area contributed by atoms with Crippen molar-refractivity contribution >= 4 is 0 Å². The highest BCUT2D eigenvalue weighted by molar-refractivity contribution is 5.73. The predicted octanol–water partition coefficient (Wildman–Crippen LogP) is 6.80. The number of benzene rings is 2. The summed E-state index contributed by atoms with van der Waals surface area (Å²) in [4.78, 5) is 9.05. The molecule has 0 N–H and O–H groups in total. The van der Waals surface area contributed by atoms with Crippen LogP contribution in [0, 0.1) is 6.92 Å². The summed E-state index contributed by atoms with van der Waals surface area (Å²) in [6.45, 7) is 1.87. The summed E-state index contributed by atoms with van der Waals surface area (Å²) >= 11 is 0. The Labute approximate surface area is 166 Å². The molecule has 0 aliphatic rings. The van der Waals surface area contributed by atoms with E-state index in [1.165, 1.54) is 12.1 Å². The first-order valence-electron chi connectivity index (χ1n) is 9.08. The summed E-state index contributed by atoms with van der Waals surface area (Å²) in [5.41, 5.74) is 5.15. The second kappa shape index (κ2) is 7.51. The Hall–Kier alpha value is -3.47. The molecular weight excluding hydrogens is 373 g/mol. The van der Waals surface area contributed by atoms with Crippen molar-refractivity contribution in [1.29, 1.82) is 0 Å². The minimum atomic E-state index is -4.34. The van der Waals surface area contributed by atoms with E-state index in [-0.39, 0.29) is 0 Å². The van der Waals surface area contributed by atoms with Crippen LogP contribution in [0.15, 0.2) is 85.1 Å². The first-order chi connectivity index (χ1) is 13.9. The van der Waals surface area contributed by atoms with Crippen LogP contribution in [-0.2, 0) is 6.18 Å². The fourth-order valence-electron chi connectivity index (χ4n) is 3.19. The average Bonchev–Trinajstić information content (AvgIpc) is 2.73. The molecule has 0 radical (unpaired) electrons. The van der Waals surface area contributed by atoms with E-state index in [0.29, 0.717) is 5.56 Å². The lowest BCUT2D eigenvalue weighted by Crippen LogP contribution is -2.04. The van der Waals surface area contributed by atoms with Crippen molar-refractivity contribution in [3.05, 3.63) is 96.3 Å². The lowest BCUT2D eigenvalue weighted by Gasteiger charge is -2.10.